The number of rotatable bonds is 0. The summed E-state index contributed by atoms with van der Waals surface area (Å²) in [7, 11) is 0. The first-order chi connectivity index (χ1) is 8.59. The van der Waals surface area contributed by atoms with E-state index in [1.807, 2.05) is 0 Å². The fourth-order valence-electron chi connectivity index (χ4n) is 2.18. The van der Waals surface area contributed by atoms with Crippen molar-refractivity contribution in [2.45, 2.75) is 0 Å². The Kier molecular flexibility index (Phi) is 2.01. The second-order valence-corrected chi connectivity index (χ2v) is 4.13. The number of phenols is 4. The highest BCUT2D eigenvalue weighted by atomic mass is 16.3. The number of fused-ring (bicyclic) bond motifs is 2. The van der Waals surface area contributed by atoms with E-state index in [2.05, 4.69) is 0 Å². The predicted molar refractivity (Wildman–Crippen MR) is 68.1 cm³/mol. The predicted octanol–water partition coefficient (Wildman–Crippen LogP) is 2.82. The summed E-state index contributed by atoms with van der Waals surface area (Å²) < 4.78 is 0. The van der Waals surface area contributed by atoms with E-state index in [1.54, 1.807) is 30.3 Å². The van der Waals surface area contributed by atoms with Crippen LogP contribution in [0, 0.1) is 0 Å². The Bertz CT molecular complexity index is 778. The van der Waals surface area contributed by atoms with E-state index in [4.69, 9.17) is 0 Å². The van der Waals surface area contributed by atoms with Gasteiger partial charge in [-0.25, -0.2) is 0 Å². The number of phenolic OH excluding ortho intramolecular Hbond substituents is 4. The van der Waals surface area contributed by atoms with Crippen LogP contribution in [-0.4, -0.2) is 20.4 Å². The lowest BCUT2D eigenvalue weighted by atomic mass is 10.0. The first kappa shape index (κ1) is 10.5. The molecule has 0 bridgehead atoms. The van der Waals surface area contributed by atoms with Crippen LogP contribution < -0.4 is 0 Å². The highest BCUT2D eigenvalue weighted by molar-refractivity contribution is 6.10. The topological polar surface area (TPSA) is 80.9 Å². The zero-order valence-corrected chi connectivity index (χ0v) is 9.25. The normalized spacial score (nSPS) is 11.1. The van der Waals surface area contributed by atoms with E-state index in [0.29, 0.717) is 10.8 Å². The molecule has 0 aliphatic carbocycles. The summed E-state index contributed by atoms with van der Waals surface area (Å²) in [6, 6.07) is 9.67. The van der Waals surface area contributed by atoms with Gasteiger partial charge in [-0.1, -0.05) is 24.3 Å². The molecule has 0 atom stereocenters. The number of hydrogen-bond acceptors (Lipinski definition) is 4. The number of aromatic hydroxyl groups is 4. The van der Waals surface area contributed by atoms with Gasteiger partial charge in [0.1, 0.15) is 11.5 Å². The molecule has 0 radical (unpaired) electrons. The van der Waals surface area contributed by atoms with Crippen molar-refractivity contribution in [1.29, 1.82) is 0 Å². The van der Waals surface area contributed by atoms with Crippen molar-refractivity contribution in [3.8, 4) is 23.0 Å². The van der Waals surface area contributed by atoms with E-state index in [1.165, 1.54) is 0 Å². The Hall–Kier alpha value is -2.62. The minimum atomic E-state index is -0.422. The second kappa shape index (κ2) is 3.43. The quantitative estimate of drug-likeness (QED) is 0.277. The molecule has 4 N–H and O–H groups in total. The van der Waals surface area contributed by atoms with Crippen molar-refractivity contribution in [1.82, 2.24) is 0 Å². The second-order valence-electron chi connectivity index (χ2n) is 4.13. The molecule has 3 aromatic rings. The summed E-state index contributed by atoms with van der Waals surface area (Å²) in [4.78, 5) is 0. The van der Waals surface area contributed by atoms with E-state index >= 15 is 0 Å². The van der Waals surface area contributed by atoms with Crippen molar-refractivity contribution in [2.24, 2.45) is 0 Å². The zero-order valence-electron chi connectivity index (χ0n) is 9.25. The van der Waals surface area contributed by atoms with Gasteiger partial charge < -0.3 is 20.4 Å². The average molecular weight is 242 g/mol. The molecule has 0 heterocycles. The Labute approximate surface area is 102 Å². The summed E-state index contributed by atoms with van der Waals surface area (Å²) in [6.07, 6.45) is 0. The Morgan fingerprint density at radius 1 is 0.667 bits per heavy atom. The van der Waals surface area contributed by atoms with Gasteiger partial charge in [0.2, 0.25) is 0 Å². The lowest BCUT2D eigenvalue weighted by Gasteiger charge is -2.10. The molecule has 0 fully saturated rings. The van der Waals surface area contributed by atoms with Gasteiger partial charge in [-0.05, 0) is 11.5 Å². The molecular weight excluding hydrogens is 232 g/mol. The summed E-state index contributed by atoms with van der Waals surface area (Å²) in [6.45, 7) is 0. The van der Waals surface area contributed by atoms with Crippen LogP contribution in [0.3, 0.4) is 0 Å². The van der Waals surface area contributed by atoms with Gasteiger partial charge in [0.05, 0.1) is 5.39 Å². The molecule has 0 aromatic heterocycles. The third kappa shape index (κ3) is 1.26. The van der Waals surface area contributed by atoms with Gasteiger partial charge in [0.15, 0.2) is 11.5 Å². The maximum Gasteiger partial charge on any atom is 0.165 e. The Morgan fingerprint density at radius 2 is 1.39 bits per heavy atom. The first-order valence-electron chi connectivity index (χ1n) is 5.38. The van der Waals surface area contributed by atoms with Gasteiger partial charge in [0.25, 0.3) is 0 Å². The van der Waals surface area contributed by atoms with E-state index in [-0.39, 0.29) is 28.0 Å². The highest BCUT2D eigenvalue weighted by Gasteiger charge is 2.16. The fourth-order valence-corrected chi connectivity index (χ4v) is 2.18. The van der Waals surface area contributed by atoms with Crippen LogP contribution in [0.1, 0.15) is 0 Å². The fraction of sp³-hybridized carbons (Fsp3) is 0. The summed E-state index contributed by atoms with van der Waals surface area (Å²) >= 11 is 0. The molecule has 18 heavy (non-hydrogen) atoms. The van der Waals surface area contributed by atoms with Gasteiger partial charge in [-0.3, -0.25) is 0 Å². The van der Waals surface area contributed by atoms with Crippen LogP contribution in [0.25, 0.3) is 21.5 Å². The molecule has 0 amide bonds. The van der Waals surface area contributed by atoms with Crippen LogP contribution in [0.4, 0.5) is 0 Å². The van der Waals surface area contributed by atoms with Gasteiger partial charge in [-0.2, -0.15) is 0 Å². The minimum Gasteiger partial charge on any atom is -0.507 e. The SMILES string of the molecule is Oc1cc(O)c2c(O)c3ccccc3cc2c1O. The van der Waals surface area contributed by atoms with Crippen LogP contribution in [-0.2, 0) is 0 Å². The molecule has 90 valence electrons. The first-order valence-corrected chi connectivity index (χ1v) is 5.38. The lowest BCUT2D eigenvalue weighted by Crippen LogP contribution is -1.81. The monoisotopic (exact) mass is 242 g/mol. The minimum absolute atomic E-state index is 0.115. The molecule has 4 nitrogen and oxygen atoms in total. The molecule has 3 aromatic carbocycles. The smallest absolute Gasteiger partial charge is 0.165 e. The van der Waals surface area contributed by atoms with Gasteiger partial charge in [-0.15, -0.1) is 0 Å². The summed E-state index contributed by atoms with van der Waals surface area (Å²) in [5.74, 6) is -1.17. The van der Waals surface area contributed by atoms with Crippen molar-refractivity contribution >= 4 is 21.5 Å². The van der Waals surface area contributed by atoms with Gasteiger partial charge in [0, 0.05) is 16.8 Å². The largest absolute Gasteiger partial charge is 0.507 e. The molecule has 0 aliphatic rings. The van der Waals surface area contributed by atoms with E-state index < -0.39 is 5.75 Å². The van der Waals surface area contributed by atoms with E-state index in [0.717, 1.165) is 6.07 Å². The Morgan fingerprint density at radius 3 is 2.17 bits per heavy atom. The molecule has 4 heteroatoms. The average Bonchev–Trinajstić information content (AvgIpc) is 2.36. The van der Waals surface area contributed by atoms with Gasteiger partial charge >= 0.3 is 0 Å². The maximum absolute atomic E-state index is 10.2. The Balaban J connectivity index is 2.64. The zero-order chi connectivity index (χ0) is 12.9. The number of hydrogen-bond donors (Lipinski definition) is 4. The van der Waals surface area contributed by atoms with Crippen molar-refractivity contribution in [3.05, 3.63) is 36.4 Å². The molecular formula is C14H10O4. The van der Waals surface area contributed by atoms with Crippen molar-refractivity contribution in [2.75, 3.05) is 0 Å². The molecule has 3 rings (SSSR count). The standard InChI is InChI=1S/C14H10O4/c15-10-6-11(16)13(17)9-5-7-3-1-2-4-8(7)14(18)12(9)10/h1-6,15-18H. The molecule has 0 unspecified atom stereocenters. The van der Waals surface area contributed by atoms with E-state index in [9.17, 15) is 20.4 Å². The van der Waals surface area contributed by atoms with Crippen LogP contribution >= 0.6 is 0 Å². The van der Waals surface area contributed by atoms with Crippen LogP contribution in [0.2, 0.25) is 0 Å². The highest BCUT2D eigenvalue weighted by Crippen LogP contribution is 2.46. The number of benzene rings is 3. The summed E-state index contributed by atoms with van der Waals surface area (Å²) in [5.41, 5.74) is 0. The van der Waals surface area contributed by atoms with Crippen molar-refractivity contribution in [3.63, 3.8) is 0 Å². The molecule has 0 aliphatic heterocycles. The molecule has 0 saturated carbocycles. The third-order valence-electron chi connectivity index (χ3n) is 3.05. The third-order valence-corrected chi connectivity index (χ3v) is 3.05. The molecule has 0 saturated heterocycles. The molecule has 0 spiro atoms. The van der Waals surface area contributed by atoms with Crippen LogP contribution in [0.5, 0.6) is 23.0 Å². The van der Waals surface area contributed by atoms with Crippen LogP contribution in [0.15, 0.2) is 36.4 Å². The maximum atomic E-state index is 10.2. The lowest BCUT2D eigenvalue weighted by molar-refractivity contribution is 0.401. The van der Waals surface area contributed by atoms with Crippen molar-refractivity contribution < 1.29 is 20.4 Å². The summed E-state index contributed by atoms with van der Waals surface area (Å²) in [5, 5.41) is 40.8.